The van der Waals surface area contributed by atoms with Gasteiger partial charge in [0.25, 0.3) is 11.8 Å². The van der Waals surface area contributed by atoms with Crippen LogP contribution in [0.1, 0.15) is 25.8 Å². The number of nitrogens with one attached hydrogen (secondary N) is 2. The highest BCUT2D eigenvalue weighted by atomic mass is 32.1. The topological polar surface area (TPSA) is 71.3 Å². The summed E-state index contributed by atoms with van der Waals surface area (Å²) < 4.78 is 5.02. The molecule has 0 saturated heterocycles. The third kappa shape index (κ3) is 4.59. The number of carbonyl (C=O) groups is 2. The molecule has 6 heteroatoms. The Morgan fingerprint density at radius 3 is 2.60 bits per heavy atom. The highest BCUT2D eigenvalue weighted by molar-refractivity contribution is 7.18. The molecule has 0 bridgehead atoms. The van der Waals surface area contributed by atoms with Crippen molar-refractivity contribution in [1.82, 2.24) is 5.32 Å². The van der Waals surface area contributed by atoms with Gasteiger partial charge in [-0.2, -0.15) is 0 Å². The van der Waals surface area contributed by atoms with E-state index in [0.717, 1.165) is 5.56 Å². The summed E-state index contributed by atoms with van der Waals surface area (Å²) in [5.41, 5.74) is 0.899. The molecule has 25 heavy (non-hydrogen) atoms. The van der Waals surface area contributed by atoms with Crippen molar-refractivity contribution in [1.29, 1.82) is 0 Å². The van der Waals surface area contributed by atoms with E-state index >= 15 is 0 Å². The minimum Gasteiger partial charge on any atom is -0.459 e. The number of rotatable bonds is 4. The fourth-order valence-corrected chi connectivity index (χ4v) is 2.81. The molecule has 1 aromatic carbocycles. The Balaban J connectivity index is 1.52. The Bertz CT molecular complexity index is 918. The van der Waals surface area contributed by atoms with E-state index in [2.05, 4.69) is 22.5 Å². The highest BCUT2D eigenvalue weighted by Crippen LogP contribution is 2.22. The first-order valence-electron chi connectivity index (χ1n) is 7.49. The van der Waals surface area contributed by atoms with Crippen LogP contribution in [0, 0.1) is 11.8 Å². The van der Waals surface area contributed by atoms with Crippen LogP contribution in [0.3, 0.4) is 0 Å². The lowest BCUT2D eigenvalue weighted by Crippen LogP contribution is -2.22. The number of hydrogen-bond donors (Lipinski definition) is 2. The first kappa shape index (κ1) is 16.6. The Morgan fingerprint density at radius 2 is 1.84 bits per heavy atom. The Kier molecular flexibility index (Phi) is 5.29. The zero-order valence-electron chi connectivity index (χ0n) is 13.1. The van der Waals surface area contributed by atoms with Crippen LogP contribution >= 0.6 is 11.3 Å². The summed E-state index contributed by atoms with van der Waals surface area (Å²) in [6.45, 7) is 0.250. The second-order valence-corrected chi connectivity index (χ2v) is 6.03. The van der Waals surface area contributed by atoms with Gasteiger partial charge in [0.05, 0.1) is 22.7 Å². The third-order valence-electron chi connectivity index (χ3n) is 3.16. The first-order chi connectivity index (χ1) is 12.2. The summed E-state index contributed by atoms with van der Waals surface area (Å²) in [4.78, 5) is 24.5. The number of hydrogen-bond acceptors (Lipinski definition) is 4. The number of furan rings is 1. The van der Waals surface area contributed by atoms with E-state index in [1.54, 1.807) is 24.3 Å². The Labute approximate surface area is 148 Å². The van der Waals surface area contributed by atoms with Gasteiger partial charge in [0.15, 0.2) is 5.76 Å². The third-order valence-corrected chi connectivity index (χ3v) is 4.15. The van der Waals surface area contributed by atoms with Gasteiger partial charge in [-0.25, -0.2) is 0 Å². The van der Waals surface area contributed by atoms with Crippen molar-refractivity contribution in [3.8, 4) is 11.8 Å². The van der Waals surface area contributed by atoms with Gasteiger partial charge in [-0.3, -0.25) is 9.59 Å². The van der Waals surface area contributed by atoms with E-state index in [9.17, 15) is 9.59 Å². The van der Waals surface area contributed by atoms with Gasteiger partial charge in [-0.15, -0.1) is 11.3 Å². The molecule has 0 aliphatic carbocycles. The molecule has 0 fully saturated rings. The van der Waals surface area contributed by atoms with E-state index in [-0.39, 0.29) is 24.1 Å². The summed E-state index contributed by atoms with van der Waals surface area (Å²) in [5, 5.41) is 5.99. The second kappa shape index (κ2) is 7.99. The summed E-state index contributed by atoms with van der Waals surface area (Å²) >= 11 is 1.19. The number of anilines is 1. The molecule has 3 rings (SSSR count). The fraction of sp³-hybridized carbons (Fsp3) is 0.0526. The number of carbonyl (C=O) groups excluding carboxylic acids is 2. The standard InChI is InChI=1S/C19H14N2O3S/c22-18(15-9-5-13-24-15)21-17-11-10-16(25-17)19(23)20-12-4-8-14-6-2-1-3-7-14/h1-3,5-7,9-11,13H,12H2,(H,20,23)(H,21,22). The molecule has 2 amide bonds. The van der Waals surface area contributed by atoms with Crippen LogP contribution < -0.4 is 10.6 Å². The molecule has 0 spiro atoms. The van der Waals surface area contributed by atoms with Crippen molar-refractivity contribution >= 4 is 28.2 Å². The van der Waals surface area contributed by atoms with Crippen molar-refractivity contribution in [3.63, 3.8) is 0 Å². The average molecular weight is 350 g/mol. The highest BCUT2D eigenvalue weighted by Gasteiger charge is 2.12. The smallest absolute Gasteiger partial charge is 0.291 e. The molecule has 0 saturated carbocycles. The molecular weight excluding hydrogens is 336 g/mol. The first-order valence-corrected chi connectivity index (χ1v) is 8.31. The molecular formula is C19H14N2O3S. The van der Waals surface area contributed by atoms with E-state index in [1.807, 2.05) is 30.3 Å². The monoisotopic (exact) mass is 350 g/mol. The normalized spacial score (nSPS) is 9.76. The molecule has 0 aliphatic rings. The second-order valence-electron chi connectivity index (χ2n) is 4.95. The fourth-order valence-electron chi connectivity index (χ4n) is 1.99. The van der Waals surface area contributed by atoms with Gasteiger partial charge >= 0.3 is 0 Å². The van der Waals surface area contributed by atoms with Crippen molar-refractivity contribution in [2.24, 2.45) is 0 Å². The quantitative estimate of drug-likeness (QED) is 0.709. The predicted octanol–water partition coefficient (Wildman–Crippen LogP) is 3.37. The lowest BCUT2D eigenvalue weighted by Gasteiger charge is -1.99. The van der Waals surface area contributed by atoms with Crippen molar-refractivity contribution in [2.75, 3.05) is 11.9 Å². The minimum atomic E-state index is -0.354. The summed E-state index contributed by atoms with van der Waals surface area (Å²) in [5.74, 6) is 5.50. The molecule has 5 nitrogen and oxygen atoms in total. The molecule has 2 N–H and O–H groups in total. The molecule has 124 valence electrons. The van der Waals surface area contributed by atoms with Crippen LogP contribution in [-0.4, -0.2) is 18.4 Å². The zero-order chi connectivity index (χ0) is 17.5. The average Bonchev–Trinajstić information content (AvgIpc) is 3.31. The van der Waals surface area contributed by atoms with E-state index in [1.165, 1.54) is 17.6 Å². The maximum atomic E-state index is 12.1. The molecule has 0 aliphatic heterocycles. The molecule has 2 heterocycles. The Morgan fingerprint density at radius 1 is 1.00 bits per heavy atom. The summed E-state index contributed by atoms with van der Waals surface area (Å²) in [7, 11) is 0. The largest absolute Gasteiger partial charge is 0.459 e. The number of amides is 2. The lowest BCUT2D eigenvalue weighted by atomic mass is 10.2. The van der Waals surface area contributed by atoms with Gasteiger partial charge in [0, 0.05) is 5.56 Å². The van der Waals surface area contributed by atoms with Crippen LogP contribution in [0.2, 0.25) is 0 Å². The predicted molar refractivity (Wildman–Crippen MR) is 96.6 cm³/mol. The van der Waals surface area contributed by atoms with Crippen molar-refractivity contribution < 1.29 is 14.0 Å². The van der Waals surface area contributed by atoms with E-state index in [0.29, 0.717) is 9.88 Å². The van der Waals surface area contributed by atoms with Gasteiger partial charge in [-0.05, 0) is 36.4 Å². The number of benzene rings is 1. The summed E-state index contributed by atoms with van der Waals surface area (Å²) in [6.07, 6.45) is 1.43. The molecule has 2 aromatic heterocycles. The van der Waals surface area contributed by atoms with Gasteiger partial charge < -0.3 is 15.1 Å². The van der Waals surface area contributed by atoms with Crippen LogP contribution in [-0.2, 0) is 0 Å². The van der Waals surface area contributed by atoms with Crippen molar-refractivity contribution in [2.45, 2.75) is 0 Å². The van der Waals surface area contributed by atoms with E-state index < -0.39 is 0 Å². The maximum absolute atomic E-state index is 12.1. The van der Waals surface area contributed by atoms with Gasteiger partial charge in [0.2, 0.25) is 0 Å². The Hall–Kier alpha value is -3.30. The van der Waals surface area contributed by atoms with Gasteiger partial charge in [-0.1, -0.05) is 30.0 Å². The van der Waals surface area contributed by atoms with Crippen LogP contribution in [0.4, 0.5) is 5.00 Å². The minimum absolute atomic E-state index is 0.218. The van der Waals surface area contributed by atoms with E-state index in [4.69, 9.17) is 4.42 Å². The zero-order valence-corrected chi connectivity index (χ0v) is 13.9. The summed E-state index contributed by atoms with van der Waals surface area (Å²) in [6, 6.07) is 16.1. The molecule has 3 aromatic rings. The molecule has 0 radical (unpaired) electrons. The van der Waals surface area contributed by atoms with Crippen LogP contribution in [0.25, 0.3) is 0 Å². The SMILES string of the molecule is O=C(Nc1ccc(C(=O)NCC#Cc2ccccc2)s1)c1ccco1. The molecule has 0 atom stereocenters. The maximum Gasteiger partial charge on any atom is 0.291 e. The van der Waals surface area contributed by atoms with Crippen molar-refractivity contribution in [3.05, 3.63) is 77.1 Å². The van der Waals surface area contributed by atoms with Crippen LogP contribution in [0.5, 0.6) is 0 Å². The van der Waals surface area contributed by atoms with Gasteiger partial charge in [0.1, 0.15) is 0 Å². The molecule has 0 unspecified atom stereocenters. The number of thiophene rings is 1. The van der Waals surface area contributed by atoms with Crippen LogP contribution in [0.15, 0.2) is 65.3 Å². The lowest BCUT2D eigenvalue weighted by molar-refractivity contribution is 0.0961.